The van der Waals surface area contributed by atoms with Crippen LogP contribution in [0.4, 0.5) is 11.4 Å². The van der Waals surface area contributed by atoms with Gasteiger partial charge in [-0.1, -0.05) is 42.5 Å². The number of aryl methyl sites for hydroxylation is 1. The lowest BCUT2D eigenvalue weighted by Crippen LogP contribution is -2.37. The van der Waals surface area contributed by atoms with E-state index in [-0.39, 0.29) is 5.56 Å². The molecule has 3 rings (SSSR count). The van der Waals surface area contributed by atoms with Crippen LogP contribution in [-0.4, -0.2) is 40.2 Å². The lowest BCUT2D eigenvalue weighted by atomic mass is 10.1. The summed E-state index contributed by atoms with van der Waals surface area (Å²) in [5, 5.41) is 4.29. The maximum Gasteiger partial charge on any atom is 0.337 e. The van der Waals surface area contributed by atoms with E-state index in [1.54, 1.807) is 31.2 Å². The van der Waals surface area contributed by atoms with E-state index in [4.69, 9.17) is 4.74 Å². The summed E-state index contributed by atoms with van der Waals surface area (Å²) in [4.78, 5) is 24.5. The molecule has 1 N–H and O–H groups in total. The van der Waals surface area contributed by atoms with Crippen LogP contribution < -0.4 is 9.62 Å². The van der Waals surface area contributed by atoms with Gasteiger partial charge in [-0.2, -0.15) is 0 Å². The Bertz CT molecular complexity index is 1220. The number of nitrogens with zero attached hydrogens (tertiary/aromatic N) is 1. The van der Waals surface area contributed by atoms with Crippen molar-refractivity contribution in [3.05, 3.63) is 71.8 Å². The third kappa shape index (κ3) is 4.60. The van der Waals surface area contributed by atoms with Crippen LogP contribution in [0.5, 0.6) is 0 Å². The molecule has 0 bridgehead atoms. The fraction of sp³-hybridized carbons (Fsp3) is 0.182. The molecule has 0 aliphatic rings. The van der Waals surface area contributed by atoms with Crippen molar-refractivity contribution in [1.82, 2.24) is 0 Å². The molecule has 0 spiro atoms. The number of sulfonamides is 1. The molecule has 0 fully saturated rings. The van der Waals surface area contributed by atoms with Crippen molar-refractivity contribution in [3.63, 3.8) is 0 Å². The van der Waals surface area contributed by atoms with Gasteiger partial charge in [0, 0.05) is 11.1 Å². The number of methoxy groups -OCH3 is 1. The second kappa shape index (κ2) is 8.54. The van der Waals surface area contributed by atoms with Gasteiger partial charge in [0.05, 0.1) is 24.6 Å². The molecule has 0 atom stereocenters. The van der Waals surface area contributed by atoms with E-state index in [1.807, 2.05) is 30.3 Å². The first kappa shape index (κ1) is 21.3. The number of amides is 1. The van der Waals surface area contributed by atoms with Crippen molar-refractivity contribution in [2.24, 2.45) is 0 Å². The van der Waals surface area contributed by atoms with E-state index in [0.29, 0.717) is 11.4 Å². The number of hydrogen-bond donors (Lipinski definition) is 1. The standard InChI is InChI=1S/C22H22N2O5S/c1-15-11-12-17(22(26)29-2)13-19(15)23-21(25)14-24(30(3,27)28)20-10-6-8-16-7-4-5-9-18(16)20/h4-13H,14H2,1-3H3,(H,23,25). The average Bonchev–Trinajstić information content (AvgIpc) is 2.72. The van der Waals surface area contributed by atoms with Gasteiger partial charge in [-0.05, 0) is 36.1 Å². The van der Waals surface area contributed by atoms with Crippen molar-refractivity contribution in [2.45, 2.75) is 6.92 Å². The molecule has 0 unspecified atom stereocenters. The summed E-state index contributed by atoms with van der Waals surface area (Å²) in [5.74, 6) is -1.06. The number of carbonyl (C=O) groups is 2. The van der Waals surface area contributed by atoms with E-state index in [2.05, 4.69) is 5.32 Å². The summed E-state index contributed by atoms with van der Waals surface area (Å²) in [5.41, 5.74) is 1.85. The van der Waals surface area contributed by atoms with Crippen LogP contribution in [0.3, 0.4) is 0 Å². The molecule has 0 saturated heterocycles. The molecular weight excluding hydrogens is 404 g/mol. The zero-order valence-corrected chi connectivity index (χ0v) is 17.7. The largest absolute Gasteiger partial charge is 0.465 e. The quantitative estimate of drug-likeness (QED) is 0.610. The number of esters is 1. The molecule has 0 heterocycles. The molecule has 3 aromatic rings. The van der Waals surface area contributed by atoms with Crippen LogP contribution in [0, 0.1) is 6.92 Å². The van der Waals surface area contributed by atoms with Gasteiger partial charge in [-0.3, -0.25) is 9.10 Å². The number of ether oxygens (including phenoxy) is 1. The summed E-state index contributed by atoms with van der Waals surface area (Å²) < 4.78 is 30.8. The Morgan fingerprint density at radius 3 is 2.43 bits per heavy atom. The molecule has 7 nitrogen and oxygen atoms in total. The fourth-order valence-corrected chi connectivity index (χ4v) is 4.00. The van der Waals surface area contributed by atoms with Gasteiger partial charge < -0.3 is 10.1 Å². The van der Waals surface area contributed by atoms with E-state index in [1.165, 1.54) is 13.2 Å². The van der Waals surface area contributed by atoms with Crippen LogP contribution in [0.2, 0.25) is 0 Å². The van der Waals surface area contributed by atoms with E-state index in [9.17, 15) is 18.0 Å². The smallest absolute Gasteiger partial charge is 0.337 e. The molecule has 0 aliphatic heterocycles. The lowest BCUT2D eigenvalue weighted by molar-refractivity contribution is -0.114. The highest BCUT2D eigenvalue weighted by Crippen LogP contribution is 2.28. The molecule has 3 aromatic carbocycles. The van der Waals surface area contributed by atoms with Crippen molar-refractivity contribution in [2.75, 3.05) is 29.5 Å². The number of fused-ring (bicyclic) bond motifs is 1. The maximum atomic E-state index is 12.7. The van der Waals surface area contributed by atoms with Gasteiger partial charge in [0.25, 0.3) is 0 Å². The number of hydrogen-bond acceptors (Lipinski definition) is 5. The maximum absolute atomic E-state index is 12.7. The third-order valence-electron chi connectivity index (χ3n) is 4.66. The van der Waals surface area contributed by atoms with E-state index in [0.717, 1.165) is 26.9 Å². The van der Waals surface area contributed by atoms with Crippen LogP contribution in [0.25, 0.3) is 10.8 Å². The highest BCUT2D eigenvalue weighted by atomic mass is 32.2. The Morgan fingerprint density at radius 1 is 1.03 bits per heavy atom. The predicted octanol–water partition coefficient (Wildman–Crippen LogP) is 3.34. The summed E-state index contributed by atoms with van der Waals surface area (Å²) in [6.07, 6.45) is 1.06. The number of rotatable bonds is 6. The van der Waals surface area contributed by atoms with Crippen molar-refractivity contribution in [3.8, 4) is 0 Å². The van der Waals surface area contributed by atoms with Gasteiger partial charge in [0.15, 0.2) is 0 Å². The van der Waals surface area contributed by atoms with Gasteiger partial charge in [-0.25, -0.2) is 13.2 Å². The molecule has 0 aliphatic carbocycles. The Kier molecular flexibility index (Phi) is 6.07. The number of anilines is 2. The summed E-state index contributed by atoms with van der Waals surface area (Å²) in [7, 11) is -2.46. The Labute approximate surface area is 175 Å². The first-order chi connectivity index (χ1) is 14.2. The van der Waals surface area contributed by atoms with Crippen LogP contribution in [0.1, 0.15) is 15.9 Å². The SMILES string of the molecule is COC(=O)c1ccc(C)c(NC(=O)CN(c2cccc3ccccc23)S(C)(=O)=O)c1. The van der Waals surface area contributed by atoms with Crippen molar-refractivity contribution in [1.29, 1.82) is 0 Å². The molecule has 0 aromatic heterocycles. The summed E-state index contributed by atoms with van der Waals surface area (Å²) >= 11 is 0. The Balaban J connectivity index is 1.92. The first-order valence-corrected chi connectivity index (χ1v) is 11.0. The van der Waals surface area contributed by atoms with Gasteiger partial charge in [0.2, 0.25) is 15.9 Å². The summed E-state index contributed by atoms with van der Waals surface area (Å²) in [6, 6.07) is 17.4. The minimum absolute atomic E-state index is 0.285. The van der Waals surface area contributed by atoms with Crippen LogP contribution in [0.15, 0.2) is 60.7 Å². The molecule has 0 radical (unpaired) electrons. The lowest BCUT2D eigenvalue weighted by Gasteiger charge is -2.23. The molecule has 0 saturated carbocycles. The Hall–Kier alpha value is -3.39. The average molecular weight is 426 g/mol. The normalized spacial score (nSPS) is 11.2. The third-order valence-corrected chi connectivity index (χ3v) is 5.78. The molecule has 30 heavy (non-hydrogen) atoms. The highest BCUT2D eigenvalue weighted by Gasteiger charge is 2.23. The number of carbonyl (C=O) groups excluding carboxylic acids is 2. The van der Waals surface area contributed by atoms with Crippen molar-refractivity contribution < 1.29 is 22.7 Å². The Morgan fingerprint density at radius 2 is 1.73 bits per heavy atom. The van der Waals surface area contributed by atoms with Crippen LogP contribution in [-0.2, 0) is 19.6 Å². The molecule has 1 amide bonds. The van der Waals surface area contributed by atoms with Crippen molar-refractivity contribution >= 4 is 44.0 Å². The fourth-order valence-electron chi connectivity index (χ4n) is 3.13. The van der Waals surface area contributed by atoms with E-state index < -0.39 is 28.4 Å². The van der Waals surface area contributed by atoms with Gasteiger partial charge in [0.1, 0.15) is 6.54 Å². The highest BCUT2D eigenvalue weighted by molar-refractivity contribution is 7.92. The topological polar surface area (TPSA) is 92.8 Å². The molecule has 156 valence electrons. The minimum atomic E-state index is -3.73. The van der Waals surface area contributed by atoms with Gasteiger partial charge >= 0.3 is 5.97 Å². The second-order valence-corrected chi connectivity index (χ2v) is 8.74. The second-order valence-electron chi connectivity index (χ2n) is 6.84. The number of nitrogens with one attached hydrogen (secondary N) is 1. The predicted molar refractivity (Wildman–Crippen MR) is 117 cm³/mol. The zero-order chi connectivity index (χ0) is 21.9. The van der Waals surface area contributed by atoms with E-state index >= 15 is 0 Å². The molecular formula is C22H22N2O5S. The monoisotopic (exact) mass is 426 g/mol. The molecule has 8 heteroatoms. The first-order valence-electron chi connectivity index (χ1n) is 9.15. The minimum Gasteiger partial charge on any atom is -0.465 e. The van der Waals surface area contributed by atoms with Crippen LogP contribution >= 0.6 is 0 Å². The summed E-state index contributed by atoms with van der Waals surface area (Å²) in [6.45, 7) is 1.37. The number of benzene rings is 3. The van der Waals surface area contributed by atoms with Gasteiger partial charge in [-0.15, -0.1) is 0 Å². The zero-order valence-electron chi connectivity index (χ0n) is 16.9.